The Morgan fingerprint density at radius 3 is 2.60 bits per heavy atom. The first kappa shape index (κ1) is 14.3. The molecule has 0 fully saturated rings. The maximum Gasteiger partial charge on any atom is 0.321 e. The van der Waals surface area contributed by atoms with E-state index in [4.69, 9.17) is 5.11 Å². The lowest BCUT2D eigenvalue weighted by atomic mass is 10.1. The maximum atomic E-state index is 12.1. The zero-order chi connectivity index (χ0) is 14.4. The third-order valence-electron chi connectivity index (χ3n) is 3.15. The summed E-state index contributed by atoms with van der Waals surface area (Å²) < 4.78 is 0. The standard InChI is InChI=1S/C16H20N2O2/c1-2-9-18(10-11-19)16(20)17-15-8-7-13-5-3-4-6-14(13)12-15/h3-8,12,19H,2,9-11H2,1H3,(H,17,20). The van der Waals surface area contributed by atoms with E-state index in [0.717, 1.165) is 22.9 Å². The van der Waals surface area contributed by atoms with Gasteiger partial charge in [-0.3, -0.25) is 0 Å². The molecular weight excluding hydrogens is 252 g/mol. The molecule has 2 aromatic rings. The molecule has 0 aliphatic rings. The number of anilines is 1. The van der Waals surface area contributed by atoms with Crippen molar-refractivity contribution in [1.29, 1.82) is 0 Å². The molecule has 0 saturated carbocycles. The Labute approximate surface area is 119 Å². The lowest BCUT2D eigenvalue weighted by Crippen LogP contribution is -2.37. The van der Waals surface area contributed by atoms with Crippen molar-refractivity contribution in [3.8, 4) is 0 Å². The number of aliphatic hydroxyl groups is 1. The van der Waals surface area contributed by atoms with Crippen LogP contribution in [0.25, 0.3) is 10.8 Å². The van der Waals surface area contributed by atoms with Crippen molar-refractivity contribution in [2.24, 2.45) is 0 Å². The molecule has 0 radical (unpaired) electrons. The molecule has 0 spiro atoms. The van der Waals surface area contributed by atoms with Crippen molar-refractivity contribution in [2.45, 2.75) is 13.3 Å². The summed E-state index contributed by atoms with van der Waals surface area (Å²) in [4.78, 5) is 13.8. The number of nitrogens with zero attached hydrogens (tertiary/aromatic N) is 1. The van der Waals surface area contributed by atoms with E-state index in [-0.39, 0.29) is 12.6 Å². The second-order valence-electron chi connectivity index (χ2n) is 4.70. The van der Waals surface area contributed by atoms with Crippen LogP contribution in [0.3, 0.4) is 0 Å². The maximum absolute atomic E-state index is 12.1. The lowest BCUT2D eigenvalue weighted by molar-refractivity contribution is 0.188. The van der Waals surface area contributed by atoms with Gasteiger partial charge in [0.15, 0.2) is 0 Å². The molecule has 0 aliphatic heterocycles. The Kier molecular flexibility index (Phi) is 4.96. The molecule has 106 valence electrons. The summed E-state index contributed by atoms with van der Waals surface area (Å²) >= 11 is 0. The van der Waals surface area contributed by atoms with Gasteiger partial charge in [-0.1, -0.05) is 37.3 Å². The van der Waals surface area contributed by atoms with Crippen molar-refractivity contribution in [3.05, 3.63) is 42.5 Å². The van der Waals surface area contributed by atoms with Crippen molar-refractivity contribution in [2.75, 3.05) is 25.0 Å². The van der Waals surface area contributed by atoms with E-state index in [1.807, 2.05) is 49.4 Å². The van der Waals surface area contributed by atoms with Crippen LogP contribution < -0.4 is 5.32 Å². The van der Waals surface area contributed by atoms with Gasteiger partial charge in [-0.25, -0.2) is 4.79 Å². The first-order chi connectivity index (χ1) is 9.74. The zero-order valence-corrected chi connectivity index (χ0v) is 11.7. The number of nitrogens with one attached hydrogen (secondary N) is 1. The third kappa shape index (κ3) is 3.48. The van der Waals surface area contributed by atoms with Gasteiger partial charge in [0.2, 0.25) is 0 Å². The van der Waals surface area contributed by atoms with Crippen LogP contribution in [0.1, 0.15) is 13.3 Å². The fourth-order valence-electron chi connectivity index (χ4n) is 2.18. The number of urea groups is 1. The molecular formula is C16H20N2O2. The minimum atomic E-state index is -0.170. The summed E-state index contributed by atoms with van der Waals surface area (Å²) in [6.07, 6.45) is 0.866. The molecule has 0 aliphatic carbocycles. The van der Waals surface area contributed by atoms with Gasteiger partial charge < -0.3 is 15.3 Å². The molecule has 0 aromatic heterocycles. The normalized spacial score (nSPS) is 10.5. The van der Waals surface area contributed by atoms with E-state index in [0.29, 0.717) is 13.1 Å². The van der Waals surface area contributed by atoms with Crippen molar-refractivity contribution in [1.82, 2.24) is 4.90 Å². The van der Waals surface area contributed by atoms with Crippen LogP contribution >= 0.6 is 0 Å². The van der Waals surface area contributed by atoms with Crippen LogP contribution in [0.5, 0.6) is 0 Å². The lowest BCUT2D eigenvalue weighted by Gasteiger charge is -2.21. The number of benzene rings is 2. The Bertz CT molecular complexity index is 577. The van der Waals surface area contributed by atoms with Crippen LogP contribution in [0.2, 0.25) is 0 Å². The first-order valence-electron chi connectivity index (χ1n) is 6.90. The number of hydrogen-bond acceptors (Lipinski definition) is 2. The fraction of sp³-hybridized carbons (Fsp3) is 0.312. The molecule has 2 rings (SSSR count). The van der Waals surface area contributed by atoms with Gasteiger partial charge in [-0.2, -0.15) is 0 Å². The monoisotopic (exact) mass is 272 g/mol. The molecule has 0 bridgehead atoms. The van der Waals surface area contributed by atoms with Gasteiger partial charge in [0.25, 0.3) is 0 Å². The Balaban J connectivity index is 2.11. The van der Waals surface area contributed by atoms with Crippen LogP contribution in [0.15, 0.2) is 42.5 Å². The van der Waals surface area contributed by atoms with Gasteiger partial charge in [0, 0.05) is 18.8 Å². The second kappa shape index (κ2) is 6.91. The van der Waals surface area contributed by atoms with Gasteiger partial charge in [0.1, 0.15) is 0 Å². The summed E-state index contributed by atoms with van der Waals surface area (Å²) in [5, 5.41) is 14.1. The van der Waals surface area contributed by atoms with E-state index in [2.05, 4.69) is 5.32 Å². The molecule has 4 nitrogen and oxygen atoms in total. The van der Waals surface area contributed by atoms with Crippen LogP contribution in [0.4, 0.5) is 10.5 Å². The third-order valence-corrected chi connectivity index (χ3v) is 3.15. The topological polar surface area (TPSA) is 52.6 Å². The largest absolute Gasteiger partial charge is 0.395 e. The van der Waals surface area contributed by atoms with Gasteiger partial charge in [-0.05, 0) is 29.3 Å². The summed E-state index contributed by atoms with van der Waals surface area (Å²) in [7, 11) is 0. The first-order valence-corrected chi connectivity index (χ1v) is 6.90. The Morgan fingerprint density at radius 1 is 1.15 bits per heavy atom. The van der Waals surface area contributed by atoms with Crippen molar-refractivity contribution >= 4 is 22.5 Å². The molecule has 4 heteroatoms. The number of aliphatic hydroxyl groups excluding tert-OH is 1. The number of hydrogen-bond donors (Lipinski definition) is 2. The molecule has 0 heterocycles. The van der Waals surface area contributed by atoms with E-state index in [1.165, 1.54) is 0 Å². The minimum Gasteiger partial charge on any atom is -0.395 e. The highest BCUT2D eigenvalue weighted by Gasteiger charge is 2.11. The zero-order valence-electron chi connectivity index (χ0n) is 11.7. The van der Waals surface area contributed by atoms with Crippen LogP contribution in [-0.4, -0.2) is 35.7 Å². The highest BCUT2D eigenvalue weighted by molar-refractivity contribution is 5.93. The van der Waals surface area contributed by atoms with E-state index in [1.54, 1.807) is 4.90 Å². The quantitative estimate of drug-likeness (QED) is 0.879. The summed E-state index contributed by atoms with van der Waals surface area (Å²) in [5.41, 5.74) is 0.771. The molecule has 20 heavy (non-hydrogen) atoms. The molecule has 2 amide bonds. The SMILES string of the molecule is CCCN(CCO)C(=O)Nc1ccc2ccccc2c1. The van der Waals surface area contributed by atoms with Gasteiger partial charge in [0.05, 0.1) is 6.61 Å². The van der Waals surface area contributed by atoms with Crippen LogP contribution in [-0.2, 0) is 0 Å². The number of carbonyl (C=O) groups excluding carboxylic acids is 1. The smallest absolute Gasteiger partial charge is 0.321 e. The molecule has 2 aromatic carbocycles. The van der Waals surface area contributed by atoms with E-state index in [9.17, 15) is 4.79 Å². The van der Waals surface area contributed by atoms with E-state index < -0.39 is 0 Å². The number of carbonyl (C=O) groups is 1. The Hall–Kier alpha value is -2.07. The molecule has 2 N–H and O–H groups in total. The number of amides is 2. The average Bonchev–Trinajstić information content (AvgIpc) is 2.47. The second-order valence-corrected chi connectivity index (χ2v) is 4.70. The predicted octanol–water partition coefficient (Wildman–Crippen LogP) is 3.08. The van der Waals surface area contributed by atoms with Gasteiger partial charge in [-0.15, -0.1) is 0 Å². The summed E-state index contributed by atoms with van der Waals surface area (Å²) in [5.74, 6) is 0. The Morgan fingerprint density at radius 2 is 1.90 bits per heavy atom. The van der Waals surface area contributed by atoms with Crippen molar-refractivity contribution in [3.63, 3.8) is 0 Å². The summed E-state index contributed by atoms with van der Waals surface area (Å²) in [6.45, 7) is 2.98. The van der Waals surface area contributed by atoms with Crippen LogP contribution in [0, 0.1) is 0 Å². The van der Waals surface area contributed by atoms with Gasteiger partial charge >= 0.3 is 6.03 Å². The highest BCUT2D eigenvalue weighted by atomic mass is 16.3. The molecule has 0 unspecified atom stereocenters. The predicted molar refractivity (Wildman–Crippen MR) is 81.9 cm³/mol. The van der Waals surface area contributed by atoms with E-state index >= 15 is 0 Å². The minimum absolute atomic E-state index is 0.0227. The highest BCUT2D eigenvalue weighted by Crippen LogP contribution is 2.19. The fourth-order valence-corrected chi connectivity index (χ4v) is 2.18. The molecule has 0 saturated heterocycles. The average molecular weight is 272 g/mol. The van der Waals surface area contributed by atoms with Crippen molar-refractivity contribution < 1.29 is 9.90 Å². The number of rotatable bonds is 5. The summed E-state index contributed by atoms with van der Waals surface area (Å²) in [6, 6.07) is 13.7. The number of fused-ring (bicyclic) bond motifs is 1. The molecule has 0 atom stereocenters.